The molecule has 0 bridgehead atoms. The Morgan fingerprint density at radius 1 is 1.47 bits per heavy atom. The molecule has 19 heavy (non-hydrogen) atoms. The van der Waals surface area contributed by atoms with Crippen molar-refractivity contribution in [2.24, 2.45) is 0 Å². The van der Waals surface area contributed by atoms with Crippen LogP contribution in [0.5, 0.6) is 0 Å². The number of nitriles is 1. The maximum absolute atomic E-state index is 9.12. The van der Waals surface area contributed by atoms with E-state index in [1.807, 2.05) is 23.7 Å². The van der Waals surface area contributed by atoms with Gasteiger partial charge < -0.3 is 4.74 Å². The van der Waals surface area contributed by atoms with Gasteiger partial charge in [0.15, 0.2) is 6.23 Å². The fourth-order valence-corrected chi connectivity index (χ4v) is 3.52. The van der Waals surface area contributed by atoms with Crippen LogP contribution in [0.25, 0.3) is 10.9 Å². The largest absolute Gasteiger partial charge is 0.356 e. The Bertz CT molecular complexity index is 665. The molecule has 5 heteroatoms. The van der Waals surface area contributed by atoms with Crippen LogP contribution in [0.15, 0.2) is 12.1 Å². The van der Waals surface area contributed by atoms with Crippen molar-refractivity contribution in [1.29, 1.82) is 5.26 Å². The standard InChI is InChI=1S/C14H14IN3O/c1-9-10(8-16)5-6-11-13(9)14(15)17-18(11)12-4-2-3-7-19-12/h5-6,12H,2-4,7H2,1H3. The molecule has 1 unspecified atom stereocenters. The summed E-state index contributed by atoms with van der Waals surface area (Å²) in [4.78, 5) is 0. The molecule has 1 aromatic carbocycles. The third kappa shape index (κ3) is 2.13. The van der Waals surface area contributed by atoms with E-state index in [2.05, 4.69) is 33.8 Å². The summed E-state index contributed by atoms with van der Waals surface area (Å²) in [5.74, 6) is 0. The minimum atomic E-state index is 0.0344. The average molecular weight is 367 g/mol. The van der Waals surface area contributed by atoms with Gasteiger partial charge in [-0.05, 0) is 66.5 Å². The zero-order valence-electron chi connectivity index (χ0n) is 10.7. The number of hydrogen-bond acceptors (Lipinski definition) is 3. The Morgan fingerprint density at radius 3 is 3.00 bits per heavy atom. The van der Waals surface area contributed by atoms with E-state index in [-0.39, 0.29) is 6.23 Å². The third-order valence-electron chi connectivity index (χ3n) is 3.64. The Balaban J connectivity index is 2.17. The first-order chi connectivity index (χ1) is 9.22. The van der Waals surface area contributed by atoms with E-state index in [4.69, 9.17) is 10.00 Å². The van der Waals surface area contributed by atoms with Gasteiger partial charge in [0.1, 0.15) is 3.70 Å². The van der Waals surface area contributed by atoms with Crippen molar-refractivity contribution < 1.29 is 4.74 Å². The Morgan fingerprint density at radius 2 is 2.32 bits per heavy atom. The summed E-state index contributed by atoms with van der Waals surface area (Å²) in [5.41, 5.74) is 2.79. The molecule has 1 aromatic heterocycles. The maximum Gasteiger partial charge on any atom is 0.150 e. The van der Waals surface area contributed by atoms with E-state index in [1.54, 1.807) is 0 Å². The lowest BCUT2D eigenvalue weighted by Crippen LogP contribution is -2.19. The fraction of sp³-hybridized carbons (Fsp3) is 0.429. The van der Waals surface area contributed by atoms with Gasteiger partial charge in [-0.25, -0.2) is 4.68 Å². The maximum atomic E-state index is 9.12. The molecular weight excluding hydrogens is 353 g/mol. The van der Waals surface area contributed by atoms with Gasteiger partial charge in [0, 0.05) is 12.0 Å². The highest BCUT2D eigenvalue weighted by atomic mass is 127. The summed E-state index contributed by atoms with van der Waals surface area (Å²) in [6.07, 6.45) is 3.35. The van der Waals surface area contributed by atoms with Crippen LogP contribution in [-0.2, 0) is 4.74 Å². The van der Waals surface area contributed by atoms with Crippen molar-refractivity contribution in [2.75, 3.05) is 6.61 Å². The van der Waals surface area contributed by atoms with Gasteiger partial charge in [0.2, 0.25) is 0 Å². The van der Waals surface area contributed by atoms with Crippen molar-refractivity contribution in [3.05, 3.63) is 27.0 Å². The van der Waals surface area contributed by atoms with E-state index < -0.39 is 0 Å². The van der Waals surface area contributed by atoms with Gasteiger partial charge >= 0.3 is 0 Å². The van der Waals surface area contributed by atoms with Gasteiger partial charge in [-0.15, -0.1) is 0 Å². The topological polar surface area (TPSA) is 50.8 Å². The van der Waals surface area contributed by atoms with Crippen LogP contribution in [0.1, 0.15) is 36.6 Å². The first-order valence-electron chi connectivity index (χ1n) is 6.41. The molecule has 2 aromatic rings. The molecular formula is C14H14IN3O. The molecule has 0 N–H and O–H groups in total. The fourth-order valence-electron chi connectivity index (χ4n) is 2.60. The molecule has 1 aliphatic rings. The van der Waals surface area contributed by atoms with Crippen LogP contribution >= 0.6 is 22.6 Å². The van der Waals surface area contributed by atoms with Gasteiger partial charge in [-0.2, -0.15) is 10.4 Å². The molecule has 0 aliphatic carbocycles. The monoisotopic (exact) mass is 367 g/mol. The summed E-state index contributed by atoms with van der Waals surface area (Å²) in [6, 6.07) is 6.08. The summed E-state index contributed by atoms with van der Waals surface area (Å²) in [5, 5.41) is 14.8. The molecule has 0 amide bonds. The predicted octanol–water partition coefficient (Wildman–Crippen LogP) is 3.52. The van der Waals surface area contributed by atoms with E-state index in [9.17, 15) is 0 Å². The lowest BCUT2D eigenvalue weighted by molar-refractivity contribution is -0.0368. The molecule has 3 rings (SSSR count). The second kappa shape index (κ2) is 5.10. The smallest absolute Gasteiger partial charge is 0.150 e. The minimum absolute atomic E-state index is 0.0344. The predicted molar refractivity (Wildman–Crippen MR) is 80.7 cm³/mol. The molecule has 4 nitrogen and oxygen atoms in total. The average Bonchev–Trinajstić information content (AvgIpc) is 2.78. The van der Waals surface area contributed by atoms with E-state index in [0.717, 1.165) is 45.2 Å². The van der Waals surface area contributed by atoms with E-state index >= 15 is 0 Å². The number of rotatable bonds is 1. The van der Waals surface area contributed by atoms with Gasteiger partial charge in [0.05, 0.1) is 17.1 Å². The molecule has 98 valence electrons. The second-order valence-electron chi connectivity index (χ2n) is 4.80. The third-order valence-corrected chi connectivity index (χ3v) is 4.40. The number of aryl methyl sites for hydroxylation is 1. The van der Waals surface area contributed by atoms with Crippen LogP contribution in [0.4, 0.5) is 0 Å². The van der Waals surface area contributed by atoms with Crippen LogP contribution in [-0.4, -0.2) is 16.4 Å². The zero-order valence-corrected chi connectivity index (χ0v) is 12.8. The highest BCUT2D eigenvalue weighted by Crippen LogP contribution is 2.31. The second-order valence-corrected chi connectivity index (χ2v) is 5.82. The number of halogens is 1. The Labute approximate surface area is 125 Å². The quantitative estimate of drug-likeness (QED) is 0.725. The van der Waals surface area contributed by atoms with E-state index in [0.29, 0.717) is 0 Å². The minimum Gasteiger partial charge on any atom is -0.356 e. The van der Waals surface area contributed by atoms with Crippen LogP contribution in [0.3, 0.4) is 0 Å². The highest BCUT2D eigenvalue weighted by molar-refractivity contribution is 14.1. The molecule has 2 heterocycles. The highest BCUT2D eigenvalue weighted by Gasteiger charge is 2.21. The molecule has 0 radical (unpaired) electrons. The van der Waals surface area contributed by atoms with Crippen molar-refractivity contribution in [1.82, 2.24) is 9.78 Å². The molecule has 0 spiro atoms. The first-order valence-corrected chi connectivity index (χ1v) is 7.49. The number of ether oxygens (including phenoxy) is 1. The van der Waals surface area contributed by atoms with Gasteiger partial charge in [-0.1, -0.05) is 0 Å². The molecule has 1 atom stereocenters. The molecule has 1 aliphatic heterocycles. The summed E-state index contributed by atoms with van der Waals surface area (Å²) < 4.78 is 8.73. The number of benzene rings is 1. The zero-order chi connectivity index (χ0) is 13.4. The SMILES string of the molecule is Cc1c(C#N)ccc2c1c(I)nn2C1CCCCO1. The summed E-state index contributed by atoms with van der Waals surface area (Å²) in [7, 11) is 0. The number of nitrogens with zero attached hydrogens (tertiary/aromatic N) is 3. The lowest BCUT2D eigenvalue weighted by Gasteiger charge is -2.23. The number of aromatic nitrogens is 2. The van der Waals surface area contributed by atoms with Crippen molar-refractivity contribution in [3.8, 4) is 6.07 Å². The van der Waals surface area contributed by atoms with Crippen LogP contribution in [0.2, 0.25) is 0 Å². The first kappa shape index (κ1) is 12.9. The Kier molecular flexibility index (Phi) is 3.46. The number of fused-ring (bicyclic) bond motifs is 1. The lowest BCUT2D eigenvalue weighted by atomic mass is 10.1. The van der Waals surface area contributed by atoms with Crippen LogP contribution < -0.4 is 0 Å². The molecule has 1 fully saturated rings. The summed E-state index contributed by atoms with van der Waals surface area (Å²) in [6.45, 7) is 2.79. The number of hydrogen-bond donors (Lipinski definition) is 0. The summed E-state index contributed by atoms with van der Waals surface area (Å²) >= 11 is 2.24. The Hall–Kier alpha value is -1.13. The van der Waals surface area contributed by atoms with E-state index in [1.165, 1.54) is 6.42 Å². The molecule has 0 saturated carbocycles. The normalized spacial score (nSPS) is 19.5. The van der Waals surface area contributed by atoms with Gasteiger partial charge in [0.25, 0.3) is 0 Å². The van der Waals surface area contributed by atoms with Crippen molar-refractivity contribution in [2.45, 2.75) is 32.4 Å². The molecule has 1 saturated heterocycles. The van der Waals surface area contributed by atoms with Gasteiger partial charge in [-0.3, -0.25) is 0 Å². The van der Waals surface area contributed by atoms with Crippen LogP contribution in [0, 0.1) is 22.0 Å². The van der Waals surface area contributed by atoms with Crippen molar-refractivity contribution in [3.63, 3.8) is 0 Å². The van der Waals surface area contributed by atoms with Crippen molar-refractivity contribution >= 4 is 33.5 Å².